The molecule has 0 aromatic heterocycles. The Kier molecular flexibility index (Phi) is 7.10. The fourth-order valence-corrected chi connectivity index (χ4v) is 6.47. The highest BCUT2D eigenvalue weighted by Gasteiger charge is 2.52. The molecular formula is C25H22Cl2O10S. The Morgan fingerprint density at radius 1 is 0.895 bits per heavy atom. The molecule has 202 valence electrons. The summed E-state index contributed by atoms with van der Waals surface area (Å²) in [6, 6.07) is 14.7. The second-order valence-electron chi connectivity index (χ2n) is 8.84. The number of hydrogen-bond acceptors (Lipinski definition) is 10. The summed E-state index contributed by atoms with van der Waals surface area (Å²) in [5, 5.41) is 49.6. The molecule has 0 bridgehead atoms. The number of benzene rings is 3. The van der Waals surface area contributed by atoms with Gasteiger partial charge in [0.15, 0.2) is 5.60 Å². The van der Waals surface area contributed by atoms with Crippen molar-refractivity contribution >= 4 is 33.3 Å². The first-order valence-corrected chi connectivity index (χ1v) is 13.5. The minimum absolute atomic E-state index is 0.00669. The van der Waals surface area contributed by atoms with Crippen molar-refractivity contribution in [3.63, 3.8) is 0 Å². The van der Waals surface area contributed by atoms with Gasteiger partial charge in [-0.1, -0.05) is 53.5 Å². The van der Waals surface area contributed by atoms with Gasteiger partial charge in [-0.15, -0.1) is 0 Å². The second kappa shape index (κ2) is 9.94. The predicted molar refractivity (Wildman–Crippen MR) is 134 cm³/mol. The van der Waals surface area contributed by atoms with Crippen molar-refractivity contribution in [2.75, 3.05) is 6.61 Å². The van der Waals surface area contributed by atoms with Crippen molar-refractivity contribution < 1.29 is 47.6 Å². The van der Waals surface area contributed by atoms with Crippen LogP contribution in [0.25, 0.3) is 0 Å². The van der Waals surface area contributed by atoms with E-state index in [0.717, 1.165) is 0 Å². The quantitative estimate of drug-likeness (QED) is 0.280. The van der Waals surface area contributed by atoms with Gasteiger partial charge in [0.2, 0.25) is 6.29 Å². The highest BCUT2D eigenvalue weighted by Crippen LogP contribution is 2.52. The van der Waals surface area contributed by atoms with E-state index >= 15 is 0 Å². The van der Waals surface area contributed by atoms with Gasteiger partial charge in [-0.3, -0.25) is 0 Å². The lowest BCUT2D eigenvalue weighted by Gasteiger charge is -2.39. The molecule has 1 saturated heterocycles. The van der Waals surface area contributed by atoms with Gasteiger partial charge >= 0.3 is 0 Å². The highest BCUT2D eigenvalue weighted by molar-refractivity contribution is 7.87. The molecule has 0 saturated carbocycles. The molecule has 3 aromatic rings. The number of aliphatic hydroxyl groups is 4. The molecule has 10 nitrogen and oxygen atoms in total. The van der Waals surface area contributed by atoms with Crippen LogP contribution < -0.4 is 4.74 Å². The van der Waals surface area contributed by atoms with Gasteiger partial charge < -0.3 is 35.0 Å². The Hall–Kier alpha value is -2.45. The molecule has 3 aromatic carbocycles. The number of fused-ring (bicyclic) bond motifs is 1. The fourth-order valence-electron chi connectivity index (χ4n) is 4.63. The van der Waals surface area contributed by atoms with Crippen LogP contribution >= 0.6 is 23.2 Å². The van der Waals surface area contributed by atoms with Crippen LogP contribution in [0.5, 0.6) is 11.5 Å². The normalized spacial score (nSPS) is 30.1. The Morgan fingerprint density at radius 2 is 1.55 bits per heavy atom. The lowest BCUT2D eigenvalue weighted by molar-refractivity contribution is -0.277. The maximum atomic E-state index is 13.1. The van der Waals surface area contributed by atoms with Crippen molar-refractivity contribution in [1.82, 2.24) is 0 Å². The summed E-state index contributed by atoms with van der Waals surface area (Å²) >= 11 is 12.7. The van der Waals surface area contributed by atoms with Crippen molar-refractivity contribution in [3.05, 3.63) is 87.4 Å². The molecule has 5 rings (SSSR count). The van der Waals surface area contributed by atoms with Crippen LogP contribution in [0, 0.1) is 0 Å². The van der Waals surface area contributed by atoms with E-state index in [0.29, 0.717) is 11.1 Å². The molecule has 1 unspecified atom stereocenters. The number of ether oxygens (including phenoxy) is 2. The van der Waals surface area contributed by atoms with Crippen molar-refractivity contribution in [2.45, 2.75) is 41.2 Å². The molecule has 5 N–H and O–H groups in total. The number of aliphatic hydroxyl groups excluding tert-OH is 4. The molecule has 1 fully saturated rings. The third-order valence-corrected chi connectivity index (χ3v) is 8.52. The molecule has 2 aliphatic rings. The summed E-state index contributed by atoms with van der Waals surface area (Å²) in [4.78, 5) is -0.0537. The maximum Gasteiger partial charge on any atom is 0.298 e. The SMILES string of the molecule is O=S1(=O)OC(c2ccc(O)c(Cl)c2)(c2ccc(O[C@@H]3O[C@H](CO)[C@H](O)[C@H](O)[C@H]3O)c(Cl)c2)c2ccccc21. The van der Waals surface area contributed by atoms with Crippen LogP contribution in [0.2, 0.25) is 10.0 Å². The van der Waals surface area contributed by atoms with E-state index in [1.807, 2.05) is 0 Å². The van der Waals surface area contributed by atoms with E-state index in [4.69, 9.17) is 36.9 Å². The second-order valence-corrected chi connectivity index (χ2v) is 11.2. The van der Waals surface area contributed by atoms with E-state index in [1.165, 1.54) is 42.5 Å². The maximum absolute atomic E-state index is 13.1. The van der Waals surface area contributed by atoms with Crippen LogP contribution in [-0.2, 0) is 24.6 Å². The largest absolute Gasteiger partial charge is 0.506 e. The molecule has 38 heavy (non-hydrogen) atoms. The van der Waals surface area contributed by atoms with E-state index in [2.05, 4.69) is 0 Å². The average Bonchev–Trinajstić information content (AvgIpc) is 3.15. The van der Waals surface area contributed by atoms with Crippen LogP contribution in [-0.4, -0.2) is 71.3 Å². The summed E-state index contributed by atoms with van der Waals surface area (Å²) in [5.41, 5.74) is -0.857. The van der Waals surface area contributed by atoms with Crippen LogP contribution in [0.4, 0.5) is 0 Å². The summed E-state index contributed by atoms with van der Waals surface area (Å²) in [6.07, 6.45) is -7.55. The number of hydrogen-bond donors (Lipinski definition) is 5. The Bertz CT molecular complexity index is 1480. The molecule has 13 heteroatoms. The number of phenols is 1. The first-order valence-electron chi connectivity index (χ1n) is 11.3. The van der Waals surface area contributed by atoms with E-state index in [9.17, 15) is 34.0 Å². The van der Waals surface area contributed by atoms with Crippen molar-refractivity contribution in [3.8, 4) is 11.5 Å². The fraction of sp³-hybridized carbons (Fsp3) is 0.280. The predicted octanol–water partition coefficient (Wildman–Crippen LogP) is 1.89. The van der Waals surface area contributed by atoms with Crippen molar-refractivity contribution in [2.24, 2.45) is 0 Å². The first-order chi connectivity index (χ1) is 18.0. The molecule has 2 aliphatic heterocycles. The topological polar surface area (TPSA) is 163 Å². The smallest absolute Gasteiger partial charge is 0.298 e. The van der Waals surface area contributed by atoms with Gasteiger partial charge in [-0.05, 0) is 41.5 Å². The third kappa shape index (κ3) is 4.34. The molecule has 0 aliphatic carbocycles. The molecule has 0 amide bonds. The zero-order valence-electron chi connectivity index (χ0n) is 19.3. The molecule has 0 radical (unpaired) electrons. The van der Waals surface area contributed by atoms with Gasteiger partial charge in [-0.25, -0.2) is 4.18 Å². The lowest BCUT2D eigenvalue weighted by atomic mass is 9.80. The number of aromatic hydroxyl groups is 1. The zero-order valence-corrected chi connectivity index (χ0v) is 21.6. The van der Waals surface area contributed by atoms with E-state index in [-0.39, 0.29) is 32.0 Å². The Labute approximate surface area is 227 Å². The molecule has 2 heterocycles. The van der Waals surface area contributed by atoms with Crippen LogP contribution in [0.15, 0.2) is 65.6 Å². The lowest BCUT2D eigenvalue weighted by Crippen LogP contribution is -2.60. The third-order valence-electron chi connectivity index (χ3n) is 6.55. The minimum Gasteiger partial charge on any atom is -0.506 e. The van der Waals surface area contributed by atoms with E-state index < -0.39 is 53.0 Å². The zero-order chi connectivity index (χ0) is 27.4. The number of halogens is 2. The molecule has 0 spiro atoms. The standard InChI is InChI=1S/C25H22Cl2O10S/c26-15-9-12(5-7-17(15)29)25(14-3-1-2-4-20(14)38(33,34)37-25)13-6-8-18(16(27)10-13)35-24-23(32)22(31)21(30)19(11-28)36-24/h1-10,19,21-24,28-32H,11H2/t19-,21+,22+,23-,24-,25?/m1/s1. The van der Waals surface area contributed by atoms with Crippen LogP contribution in [0.3, 0.4) is 0 Å². The monoisotopic (exact) mass is 584 g/mol. The summed E-state index contributed by atoms with van der Waals surface area (Å²) in [6.45, 7) is -0.638. The average molecular weight is 585 g/mol. The number of phenolic OH excluding ortho intramolecular Hbond substituents is 1. The summed E-state index contributed by atoms with van der Waals surface area (Å²) in [5.74, 6) is -0.214. The Balaban J connectivity index is 1.59. The van der Waals surface area contributed by atoms with Crippen LogP contribution in [0.1, 0.15) is 16.7 Å². The van der Waals surface area contributed by atoms with Gasteiger partial charge in [0.25, 0.3) is 10.1 Å². The Morgan fingerprint density at radius 3 is 2.21 bits per heavy atom. The van der Waals surface area contributed by atoms with Gasteiger partial charge in [-0.2, -0.15) is 8.42 Å². The summed E-state index contributed by atoms with van der Waals surface area (Å²) < 4.78 is 42.9. The first kappa shape index (κ1) is 27.1. The summed E-state index contributed by atoms with van der Waals surface area (Å²) in [7, 11) is -4.21. The molecular weight excluding hydrogens is 563 g/mol. The van der Waals surface area contributed by atoms with Gasteiger partial charge in [0, 0.05) is 5.56 Å². The van der Waals surface area contributed by atoms with E-state index in [1.54, 1.807) is 18.2 Å². The minimum atomic E-state index is -4.21. The number of rotatable bonds is 5. The van der Waals surface area contributed by atoms with Crippen molar-refractivity contribution in [1.29, 1.82) is 0 Å². The van der Waals surface area contributed by atoms with Gasteiger partial charge in [0.1, 0.15) is 40.8 Å². The van der Waals surface area contributed by atoms with Gasteiger partial charge in [0.05, 0.1) is 16.7 Å². The highest BCUT2D eigenvalue weighted by atomic mass is 35.5. The molecule has 6 atom stereocenters.